The Labute approximate surface area is 176 Å². The molecule has 1 N–H and O–H groups in total. The smallest absolute Gasteiger partial charge is 0.271 e. The summed E-state index contributed by atoms with van der Waals surface area (Å²) in [5.74, 6) is 0.00765. The second-order valence-electron chi connectivity index (χ2n) is 8.70. The van der Waals surface area contributed by atoms with Gasteiger partial charge in [-0.25, -0.2) is 5.43 Å². The van der Waals surface area contributed by atoms with Gasteiger partial charge in [0.15, 0.2) is 0 Å². The normalized spacial score (nSPS) is 17.8. The number of non-ortho nitro benzene ring substituents is 1. The van der Waals surface area contributed by atoms with Crippen LogP contribution in [-0.2, 0) is 0 Å². The number of nitro groups is 1. The summed E-state index contributed by atoms with van der Waals surface area (Å²) >= 11 is 0. The van der Waals surface area contributed by atoms with Crippen LogP contribution in [0.2, 0.25) is 0 Å². The summed E-state index contributed by atoms with van der Waals surface area (Å²) in [6.07, 6.45) is 2.69. The molecular weight excluding hydrogens is 380 g/mol. The molecule has 0 aliphatic carbocycles. The number of nitrogens with zero attached hydrogens (tertiary/aromatic N) is 3. The lowest BCUT2D eigenvalue weighted by Crippen LogP contribution is -2.51. The lowest BCUT2D eigenvalue weighted by Gasteiger charge is -2.50. The average molecular weight is 409 g/mol. The number of hydrazone groups is 1. The molecule has 0 bridgehead atoms. The monoisotopic (exact) mass is 408 g/mol. The van der Waals surface area contributed by atoms with Crippen molar-refractivity contribution in [1.29, 1.82) is 0 Å². The largest absolute Gasteiger partial charge is 0.364 e. The van der Waals surface area contributed by atoms with E-state index in [0.717, 1.165) is 12.0 Å². The van der Waals surface area contributed by atoms with Crippen LogP contribution in [0.25, 0.3) is 0 Å². The van der Waals surface area contributed by atoms with Crippen molar-refractivity contribution in [1.82, 2.24) is 5.43 Å². The first-order valence-corrected chi connectivity index (χ1v) is 10.1. The van der Waals surface area contributed by atoms with Crippen molar-refractivity contribution >= 4 is 23.5 Å². The van der Waals surface area contributed by atoms with Crippen LogP contribution in [0.15, 0.2) is 47.6 Å². The van der Waals surface area contributed by atoms with Gasteiger partial charge >= 0.3 is 0 Å². The summed E-state index contributed by atoms with van der Waals surface area (Å²) in [5, 5.41) is 14.8. The molecule has 0 fully saturated rings. The zero-order valence-electron chi connectivity index (χ0n) is 18.0. The maximum atomic E-state index is 12.2. The number of nitro benzene ring substituents is 1. The first-order chi connectivity index (χ1) is 14.1. The van der Waals surface area contributed by atoms with Crippen molar-refractivity contribution in [2.75, 3.05) is 4.90 Å². The zero-order valence-corrected chi connectivity index (χ0v) is 18.0. The molecule has 30 heavy (non-hydrogen) atoms. The zero-order chi connectivity index (χ0) is 22.1. The fraction of sp³-hybridized carbons (Fsp3) is 0.391. The predicted octanol–water partition coefficient (Wildman–Crippen LogP) is 4.86. The number of hydrogen-bond acceptors (Lipinski definition) is 5. The van der Waals surface area contributed by atoms with Gasteiger partial charge in [0.2, 0.25) is 0 Å². The highest BCUT2D eigenvalue weighted by Gasteiger charge is 2.37. The molecular formula is C23H28N4O3. The number of hydrogen-bond donors (Lipinski definition) is 1. The van der Waals surface area contributed by atoms with E-state index in [9.17, 15) is 14.9 Å². The highest BCUT2D eigenvalue weighted by molar-refractivity contribution is 5.95. The van der Waals surface area contributed by atoms with E-state index < -0.39 is 10.8 Å². The molecule has 1 amide bonds. The fourth-order valence-corrected chi connectivity index (χ4v) is 4.49. The molecule has 1 unspecified atom stereocenters. The molecule has 7 nitrogen and oxygen atoms in total. The molecule has 0 radical (unpaired) electrons. The molecule has 158 valence electrons. The number of rotatable bonds is 5. The lowest BCUT2D eigenvalue weighted by molar-refractivity contribution is -0.384. The van der Waals surface area contributed by atoms with E-state index in [1.165, 1.54) is 35.5 Å². The van der Waals surface area contributed by atoms with Gasteiger partial charge in [0.05, 0.1) is 11.1 Å². The van der Waals surface area contributed by atoms with Crippen molar-refractivity contribution in [3.63, 3.8) is 0 Å². The molecule has 2 aromatic carbocycles. The third-order valence-corrected chi connectivity index (χ3v) is 5.54. The Morgan fingerprint density at radius 3 is 2.53 bits per heavy atom. The minimum atomic E-state index is -0.502. The number of carbonyl (C=O) groups is 1. The average Bonchev–Trinajstić information content (AvgIpc) is 2.67. The van der Waals surface area contributed by atoms with Crippen molar-refractivity contribution in [3.05, 3.63) is 69.3 Å². The molecule has 0 aromatic heterocycles. The van der Waals surface area contributed by atoms with Crippen LogP contribution in [0.4, 0.5) is 11.4 Å². The molecule has 1 aliphatic rings. The summed E-state index contributed by atoms with van der Waals surface area (Å²) in [6.45, 7) is 11.2. The van der Waals surface area contributed by atoms with E-state index in [1.54, 1.807) is 6.21 Å². The SMILES string of the molecule is CC1CC(C)(C)N(C(C)C)c2ccc(/C=N/NC(=O)c3ccc([N+](=O)[O-])cc3)cc21. The highest BCUT2D eigenvalue weighted by Crippen LogP contribution is 2.44. The molecule has 0 saturated heterocycles. The quantitative estimate of drug-likeness (QED) is 0.435. The van der Waals surface area contributed by atoms with Gasteiger partial charge in [0.25, 0.3) is 11.6 Å². The second-order valence-corrected chi connectivity index (χ2v) is 8.70. The van der Waals surface area contributed by atoms with E-state index in [4.69, 9.17) is 0 Å². The minimum Gasteiger partial charge on any atom is -0.364 e. The number of anilines is 1. The molecule has 1 aliphatic heterocycles. The van der Waals surface area contributed by atoms with Crippen molar-refractivity contribution in [2.24, 2.45) is 5.10 Å². The third-order valence-electron chi connectivity index (χ3n) is 5.54. The van der Waals surface area contributed by atoms with Crippen LogP contribution in [-0.4, -0.2) is 28.6 Å². The number of fused-ring (bicyclic) bond motifs is 1. The number of amides is 1. The lowest BCUT2D eigenvalue weighted by atomic mass is 9.79. The standard InChI is InChI=1S/C23H28N4O3/c1-15(2)26-21-11-6-17(12-20(21)16(3)13-23(26,4)5)14-24-25-22(28)18-7-9-19(10-8-18)27(29)30/h6-12,14-16H,13H2,1-5H3,(H,25,28)/b24-14+. The second kappa shape index (κ2) is 8.26. The minimum absolute atomic E-state index is 0.0585. The Hall–Kier alpha value is -3.22. The Morgan fingerprint density at radius 2 is 1.93 bits per heavy atom. The van der Waals surface area contributed by atoms with Crippen LogP contribution in [0, 0.1) is 10.1 Å². The van der Waals surface area contributed by atoms with Crippen molar-refractivity contribution < 1.29 is 9.72 Å². The molecule has 2 aromatic rings. The first kappa shape index (κ1) is 21.5. The van der Waals surface area contributed by atoms with Crippen molar-refractivity contribution in [2.45, 2.75) is 58.5 Å². The van der Waals surface area contributed by atoms with Crippen LogP contribution in [0.3, 0.4) is 0 Å². The highest BCUT2D eigenvalue weighted by atomic mass is 16.6. The van der Waals surface area contributed by atoms with Crippen LogP contribution in [0.5, 0.6) is 0 Å². The van der Waals surface area contributed by atoms with Gasteiger partial charge in [-0.2, -0.15) is 5.10 Å². The van der Waals surface area contributed by atoms with Gasteiger partial charge in [-0.1, -0.05) is 13.0 Å². The fourth-order valence-electron chi connectivity index (χ4n) is 4.49. The molecule has 7 heteroatoms. The van der Waals surface area contributed by atoms with Gasteiger partial charge in [-0.15, -0.1) is 0 Å². The van der Waals surface area contributed by atoms with Gasteiger partial charge < -0.3 is 4.90 Å². The summed E-state index contributed by atoms with van der Waals surface area (Å²) in [5.41, 5.74) is 6.27. The molecule has 0 saturated carbocycles. The van der Waals surface area contributed by atoms with Gasteiger partial charge in [0, 0.05) is 35.0 Å². The molecule has 1 heterocycles. The first-order valence-electron chi connectivity index (χ1n) is 10.1. The Balaban J connectivity index is 1.75. The Morgan fingerprint density at radius 1 is 1.27 bits per heavy atom. The van der Waals surface area contributed by atoms with E-state index in [-0.39, 0.29) is 11.2 Å². The number of carbonyl (C=O) groups excluding carboxylic acids is 1. The van der Waals surface area contributed by atoms with Crippen LogP contribution in [0.1, 0.15) is 68.4 Å². The van der Waals surface area contributed by atoms with Crippen molar-refractivity contribution in [3.8, 4) is 0 Å². The van der Waals surface area contributed by atoms with Crippen LogP contribution < -0.4 is 10.3 Å². The van der Waals surface area contributed by atoms with E-state index in [1.807, 2.05) is 6.07 Å². The third kappa shape index (κ3) is 4.35. The predicted molar refractivity (Wildman–Crippen MR) is 119 cm³/mol. The molecule has 0 spiro atoms. The van der Waals surface area contributed by atoms with Gasteiger partial charge in [0.1, 0.15) is 0 Å². The Bertz CT molecular complexity index is 980. The maximum Gasteiger partial charge on any atom is 0.271 e. The summed E-state index contributed by atoms with van der Waals surface area (Å²) in [6, 6.07) is 12.1. The van der Waals surface area contributed by atoms with E-state index >= 15 is 0 Å². The van der Waals surface area contributed by atoms with Crippen LogP contribution >= 0.6 is 0 Å². The van der Waals surface area contributed by atoms with Gasteiger partial charge in [-0.3, -0.25) is 14.9 Å². The topological polar surface area (TPSA) is 87.8 Å². The number of benzene rings is 2. The van der Waals surface area contributed by atoms with Gasteiger partial charge in [-0.05, 0) is 75.4 Å². The summed E-state index contributed by atoms with van der Waals surface area (Å²) in [7, 11) is 0. The Kier molecular flexibility index (Phi) is 5.92. The molecule has 3 rings (SSSR count). The number of nitrogens with one attached hydrogen (secondary N) is 1. The summed E-state index contributed by atoms with van der Waals surface area (Å²) < 4.78 is 0. The molecule has 1 atom stereocenters. The summed E-state index contributed by atoms with van der Waals surface area (Å²) in [4.78, 5) is 24.9. The maximum absolute atomic E-state index is 12.2. The van der Waals surface area contributed by atoms with E-state index in [0.29, 0.717) is 17.5 Å². The van der Waals surface area contributed by atoms with E-state index in [2.05, 4.69) is 62.2 Å².